The van der Waals surface area contributed by atoms with Crippen LogP contribution in [0.5, 0.6) is 0 Å². The lowest BCUT2D eigenvalue weighted by Crippen LogP contribution is -2.15. The van der Waals surface area contributed by atoms with E-state index in [1.807, 2.05) is 25.1 Å². The number of nitrogens with one attached hydrogen (secondary N) is 1. The van der Waals surface area contributed by atoms with Crippen molar-refractivity contribution in [2.24, 2.45) is 7.05 Å². The molecule has 0 unspecified atom stereocenters. The van der Waals surface area contributed by atoms with Crippen molar-refractivity contribution >= 4 is 5.69 Å². The van der Waals surface area contributed by atoms with E-state index in [9.17, 15) is 4.79 Å². The Hall–Kier alpha value is -1.51. The number of hydrogen-bond acceptors (Lipinski definition) is 2. The Bertz CT molecular complexity index is 352. The van der Waals surface area contributed by atoms with E-state index >= 15 is 0 Å². The van der Waals surface area contributed by atoms with E-state index in [-0.39, 0.29) is 5.56 Å². The second-order valence-corrected chi connectivity index (χ2v) is 2.81. The maximum Gasteiger partial charge on any atom is 0.252 e. The first kappa shape index (κ1) is 9.58. The van der Waals surface area contributed by atoms with E-state index in [0.29, 0.717) is 0 Å². The summed E-state index contributed by atoms with van der Waals surface area (Å²) >= 11 is 0. The summed E-state index contributed by atoms with van der Waals surface area (Å²) in [5.74, 6) is 0. The Labute approximate surface area is 77.7 Å². The highest BCUT2D eigenvalue weighted by molar-refractivity contribution is 5.41. The molecule has 1 rings (SSSR count). The molecule has 0 bridgehead atoms. The van der Waals surface area contributed by atoms with Crippen molar-refractivity contribution in [3.05, 3.63) is 40.8 Å². The first-order valence-electron chi connectivity index (χ1n) is 4.25. The van der Waals surface area contributed by atoms with Crippen LogP contribution in [0.25, 0.3) is 0 Å². The van der Waals surface area contributed by atoms with Gasteiger partial charge in [-0.1, -0.05) is 12.2 Å². The van der Waals surface area contributed by atoms with Crippen molar-refractivity contribution in [2.45, 2.75) is 6.92 Å². The van der Waals surface area contributed by atoms with Crippen LogP contribution in [0.4, 0.5) is 5.69 Å². The van der Waals surface area contributed by atoms with Crippen LogP contribution in [0.3, 0.4) is 0 Å². The van der Waals surface area contributed by atoms with Gasteiger partial charge in [0.05, 0.1) is 0 Å². The molecule has 0 aliphatic heterocycles. The number of nitrogens with zero attached hydrogens (tertiary/aromatic N) is 1. The van der Waals surface area contributed by atoms with Crippen molar-refractivity contribution < 1.29 is 0 Å². The Kier molecular flexibility index (Phi) is 3.31. The fourth-order valence-corrected chi connectivity index (χ4v) is 0.953. The molecule has 0 atom stereocenters. The third kappa shape index (κ3) is 2.78. The predicted octanol–water partition coefficient (Wildman–Crippen LogP) is 1.37. The average Bonchev–Trinajstić information content (AvgIpc) is 2.12. The third-order valence-corrected chi connectivity index (χ3v) is 1.76. The molecule has 13 heavy (non-hydrogen) atoms. The van der Waals surface area contributed by atoms with Gasteiger partial charge >= 0.3 is 0 Å². The monoisotopic (exact) mass is 178 g/mol. The fraction of sp³-hybridized carbons (Fsp3) is 0.300. The number of anilines is 1. The van der Waals surface area contributed by atoms with E-state index in [1.165, 1.54) is 0 Å². The van der Waals surface area contributed by atoms with Gasteiger partial charge in [0.2, 0.25) is 0 Å². The van der Waals surface area contributed by atoms with Crippen LogP contribution in [0.2, 0.25) is 0 Å². The summed E-state index contributed by atoms with van der Waals surface area (Å²) in [5.41, 5.74) is 0.867. The number of aromatic nitrogens is 1. The standard InChI is InChI=1S/C10H14N2O/c1-3-4-6-11-9-5-7-12(2)10(13)8-9/h3-5,7-8,11H,6H2,1-2H3/b4-3+. The summed E-state index contributed by atoms with van der Waals surface area (Å²) in [6.45, 7) is 2.72. The van der Waals surface area contributed by atoms with Gasteiger partial charge in [0, 0.05) is 31.5 Å². The summed E-state index contributed by atoms with van der Waals surface area (Å²) in [4.78, 5) is 11.2. The van der Waals surface area contributed by atoms with Gasteiger partial charge in [-0.25, -0.2) is 0 Å². The van der Waals surface area contributed by atoms with Gasteiger partial charge in [0.15, 0.2) is 0 Å². The second-order valence-electron chi connectivity index (χ2n) is 2.81. The molecular weight excluding hydrogens is 164 g/mol. The molecule has 0 fully saturated rings. The number of aryl methyl sites for hydroxylation is 1. The van der Waals surface area contributed by atoms with Crippen molar-refractivity contribution in [1.82, 2.24) is 4.57 Å². The van der Waals surface area contributed by atoms with Crippen molar-refractivity contribution in [3.8, 4) is 0 Å². The van der Waals surface area contributed by atoms with Gasteiger partial charge < -0.3 is 9.88 Å². The molecule has 0 saturated carbocycles. The average molecular weight is 178 g/mol. The minimum absolute atomic E-state index is 0.00507. The van der Waals surface area contributed by atoms with Gasteiger partial charge in [-0.05, 0) is 13.0 Å². The van der Waals surface area contributed by atoms with Gasteiger partial charge in [-0.15, -0.1) is 0 Å². The molecule has 1 heterocycles. The van der Waals surface area contributed by atoms with Crippen LogP contribution in [-0.4, -0.2) is 11.1 Å². The summed E-state index contributed by atoms with van der Waals surface area (Å²) in [6, 6.07) is 3.47. The van der Waals surface area contributed by atoms with E-state index in [0.717, 1.165) is 12.2 Å². The molecule has 1 aromatic rings. The van der Waals surface area contributed by atoms with Gasteiger partial charge in [0.1, 0.15) is 0 Å². The molecule has 3 nitrogen and oxygen atoms in total. The number of hydrogen-bond donors (Lipinski definition) is 1. The highest BCUT2D eigenvalue weighted by atomic mass is 16.1. The Morgan fingerprint density at radius 3 is 3.00 bits per heavy atom. The summed E-state index contributed by atoms with van der Waals surface area (Å²) < 4.78 is 1.54. The SMILES string of the molecule is C/C=C/CNc1ccn(C)c(=O)c1. The molecule has 1 N–H and O–H groups in total. The molecule has 0 amide bonds. The lowest BCUT2D eigenvalue weighted by Gasteiger charge is -2.03. The quantitative estimate of drug-likeness (QED) is 0.709. The largest absolute Gasteiger partial charge is 0.381 e. The molecule has 0 radical (unpaired) electrons. The minimum atomic E-state index is 0.00507. The molecule has 1 aromatic heterocycles. The zero-order valence-electron chi connectivity index (χ0n) is 7.95. The van der Waals surface area contributed by atoms with Crippen LogP contribution < -0.4 is 10.9 Å². The van der Waals surface area contributed by atoms with Gasteiger partial charge in [0.25, 0.3) is 5.56 Å². The van der Waals surface area contributed by atoms with Crippen LogP contribution in [-0.2, 0) is 7.05 Å². The van der Waals surface area contributed by atoms with E-state index in [2.05, 4.69) is 5.32 Å². The first-order chi connectivity index (χ1) is 6.24. The summed E-state index contributed by atoms with van der Waals surface area (Å²) in [6.07, 6.45) is 5.71. The van der Waals surface area contributed by atoms with E-state index < -0.39 is 0 Å². The normalized spacial score (nSPS) is 10.6. The van der Waals surface area contributed by atoms with Crippen LogP contribution in [0.15, 0.2) is 35.3 Å². The lowest BCUT2D eigenvalue weighted by atomic mass is 10.4. The number of pyridine rings is 1. The molecular formula is C10H14N2O. The summed E-state index contributed by atoms with van der Waals surface area (Å²) in [7, 11) is 1.73. The van der Waals surface area contributed by atoms with Crippen molar-refractivity contribution in [2.75, 3.05) is 11.9 Å². The molecule has 0 spiro atoms. The lowest BCUT2D eigenvalue weighted by molar-refractivity contribution is 0.861. The maximum atomic E-state index is 11.2. The smallest absolute Gasteiger partial charge is 0.252 e. The molecule has 0 aliphatic carbocycles. The topological polar surface area (TPSA) is 34.0 Å². The Balaban J connectivity index is 2.69. The van der Waals surface area contributed by atoms with Gasteiger partial charge in [-0.2, -0.15) is 0 Å². The molecule has 3 heteroatoms. The highest BCUT2D eigenvalue weighted by Crippen LogP contribution is 2.00. The maximum absolute atomic E-state index is 11.2. The fourth-order valence-electron chi connectivity index (χ4n) is 0.953. The number of rotatable bonds is 3. The zero-order chi connectivity index (χ0) is 9.68. The van der Waals surface area contributed by atoms with Crippen molar-refractivity contribution in [1.29, 1.82) is 0 Å². The van der Waals surface area contributed by atoms with Crippen LogP contribution >= 0.6 is 0 Å². The van der Waals surface area contributed by atoms with Crippen LogP contribution in [0, 0.1) is 0 Å². The van der Waals surface area contributed by atoms with Crippen molar-refractivity contribution in [3.63, 3.8) is 0 Å². The van der Waals surface area contributed by atoms with Gasteiger partial charge in [-0.3, -0.25) is 4.79 Å². The Morgan fingerprint density at radius 1 is 1.62 bits per heavy atom. The highest BCUT2D eigenvalue weighted by Gasteiger charge is 1.92. The zero-order valence-corrected chi connectivity index (χ0v) is 7.95. The molecule has 70 valence electrons. The van der Waals surface area contributed by atoms with E-state index in [1.54, 1.807) is 23.9 Å². The molecule has 0 aliphatic rings. The molecule has 0 aromatic carbocycles. The number of allylic oxidation sites excluding steroid dienone is 1. The second kappa shape index (κ2) is 4.50. The Morgan fingerprint density at radius 2 is 2.38 bits per heavy atom. The third-order valence-electron chi connectivity index (χ3n) is 1.76. The first-order valence-corrected chi connectivity index (χ1v) is 4.25. The summed E-state index contributed by atoms with van der Waals surface area (Å²) in [5, 5.41) is 3.11. The van der Waals surface area contributed by atoms with E-state index in [4.69, 9.17) is 0 Å². The molecule has 0 saturated heterocycles. The predicted molar refractivity (Wildman–Crippen MR) is 55.0 cm³/mol. The minimum Gasteiger partial charge on any atom is -0.381 e. The van der Waals surface area contributed by atoms with Crippen LogP contribution in [0.1, 0.15) is 6.92 Å².